The fourth-order valence-corrected chi connectivity index (χ4v) is 2.96. The van der Waals surface area contributed by atoms with Crippen LogP contribution in [0.4, 0.5) is 5.69 Å². The number of imide groups is 1. The van der Waals surface area contributed by atoms with Crippen molar-refractivity contribution in [3.8, 4) is 5.75 Å². The lowest BCUT2D eigenvalue weighted by Crippen LogP contribution is -2.33. The van der Waals surface area contributed by atoms with Crippen LogP contribution in [0.25, 0.3) is 0 Å². The maximum atomic E-state index is 12.5. The second-order valence-electron chi connectivity index (χ2n) is 6.98. The zero-order valence-corrected chi connectivity index (χ0v) is 15.6. The third-order valence-electron chi connectivity index (χ3n) is 4.25. The summed E-state index contributed by atoms with van der Waals surface area (Å²) in [5.74, 6) is -0.119. The fraction of sp³-hybridized carbons (Fsp3) is 0.286. The van der Waals surface area contributed by atoms with Crippen LogP contribution in [0.2, 0.25) is 0 Å². The number of benzene rings is 2. The molecule has 0 aliphatic carbocycles. The highest BCUT2D eigenvalue weighted by atomic mass is 16.5. The lowest BCUT2D eigenvalue weighted by molar-refractivity contribution is -0.118. The van der Waals surface area contributed by atoms with Gasteiger partial charge in [-0.05, 0) is 42.7 Å². The number of amides is 3. The number of hydrogen-bond donors (Lipinski definition) is 1. The zero-order chi connectivity index (χ0) is 19.6. The van der Waals surface area contributed by atoms with E-state index in [9.17, 15) is 14.4 Å². The van der Waals surface area contributed by atoms with Gasteiger partial charge in [0, 0.05) is 12.2 Å². The van der Waals surface area contributed by atoms with Gasteiger partial charge in [-0.1, -0.05) is 32.0 Å². The van der Waals surface area contributed by atoms with Crippen molar-refractivity contribution in [2.24, 2.45) is 5.92 Å². The monoisotopic (exact) mass is 366 g/mol. The van der Waals surface area contributed by atoms with Gasteiger partial charge in [0.25, 0.3) is 17.7 Å². The maximum absolute atomic E-state index is 12.5. The first-order valence-electron chi connectivity index (χ1n) is 8.85. The van der Waals surface area contributed by atoms with Gasteiger partial charge < -0.3 is 10.1 Å². The number of hydrogen-bond acceptors (Lipinski definition) is 4. The summed E-state index contributed by atoms with van der Waals surface area (Å²) in [7, 11) is 0. The molecule has 3 amide bonds. The number of fused-ring (bicyclic) bond motifs is 1. The summed E-state index contributed by atoms with van der Waals surface area (Å²) in [5, 5.41) is 2.71. The van der Waals surface area contributed by atoms with Crippen molar-refractivity contribution < 1.29 is 19.1 Å². The summed E-state index contributed by atoms with van der Waals surface area (Å²) in [6, 6.07) is 12.2. The molecule has 0 atom stereocenters. The van der Waals surface area contributed by atoms with Crippen molar-refractivity contribution in [2.75, 3.05) is 18.5 Å². The third kappa shape index (κ3) is 4.00. The molecule has 0 aromatic heterocycles. The summed E-state index contributed by atoms with van der Waals surface area (Å²) in [6.45, 7) is 6.03. The normalized spacial score (nSPS) is 13.1. The molecule has 6 nitrogen and oxygen atoms in total. The van der Waals surface area contributed by atoms with Gasteiger partial charge in [-0.25, -0.2) is 0 Å². The van der Waals surface area contributed by atoms with Crippen LogP contribution in [0, 0.1) is 12.8 Å². The topological polar surface area (TPSA) is 75.7 Å². The van der Waals surface area contributed by atoms with E-state index in [0.717, 1.165) is 5.56 Å². The average molecular weight is 366 g/mol. The fourth-order valence-electron chi connectivity index (χ4n) is 2.96. The molecule has 1 N–H and O–H groups in total. The molecule has 6 heteroatoms. The van der Waals surface area contributed by atoms with Gasteiger partial charge in [0.05, 0.1) is 11.1 Å². The molecule has 0 spiro atoms. The second-order valence-corrected chi connectivity index (χ2v) is 6.98. The van der Waals surface area contributed by atoms with Gasteiger partial charge >= 0.3 is 0 Å². The molecule has 0 bridgehead atoms. The van der Waals surface area contributed by atoms with Crippen LogP contribution in [-0.4, -0.2) is 35.8 Å². The number of nitrogens with one attached hydrogen (secondary N) is 1. The third-order valence-corrected chi connectivity index (χ3v) is 4.25. The molecule has 2 aromatic rings. The predicted octanol–water partition coefficient (Wildman–Crippen LogP) is 3.26. The van der Waals surface area contributed by atoms with Crippen molar-refractivity contribution in [1.82, 2.24) is 4.90 Å². The second kappa shape index (κ2) is 7.61. The number of ether oxygens (including phenoxy) is 1. The van der Waals surface area contributed by atoms with Crippen molar-refractivity contribution in [3.63, 3.8) is 0 Å². The minimum absolute atomic E-state index is 0.145. The zero-order valence-electron chi connectivity index (χ0n) is 15.6. The van der Waals surface area contributed by atoms with Gasteiger partial charge in [-0.3, -0.25) is 19.3 Å². The van der Waals surface area contributed by atoms with E-state index in [-0.39, 0.29) is 30.2 Å². The number of carbonyl (C=O) groups is 3. The highest BCUT2D eigenvalue weighted by Crippen LogP contribution is 2.26. The lowest BCUT2D eigenvalue weighted by atomic mass is 10.1. The summed E-state index contributed by atoms with van der Waals surface area (Å²) >= 11 is 0. The molecule has 1 aliphatic rings. The molecule has 27 heavy (non-hydrogen) atoms. The predicted molar refractivity (Wildman–Crippen MR) is 102 cm³/mol. The first-order valence-corrected chi connectivity index (χ1v) is 8.85. The number of carbonyl (C=O) groups excluding carboxylic acids is 3. The van der Waals surface area contributed by atoms with E-state index in [1.807, 2.05) is 39.0 Å². The Morgan fingerprint density at radius 3 is 2.48 bits per heavy atom. The molecule has 0 saturated heterocycles. The lowest BCUT2D eigenvalue weighted by Gasteiger charge is -2.15. The molecule has 1 aliphatic heterocycles. The molecule has 2 aromatic carbocycles. The van der Waals surface area contributed by atoms with Gasteiger partial charge in [-0.15, -0.1) is 0 Å². The van der Waals surface area contributed by atoms with Crippen molar-refractivity contribution in [3.05, 3.63) is 59.2 Å². The molecule has 140 valence electrons. The molecule has 3 rings (SSSR count). The largest absolute Gasteiger partial charge is 0.483 e. The van der Waals surface area contributed by atoms with E-state index >= 15 is 0 Å². The van der Waals surface area contributed by atoms with Gasteiger partial charge in [-0.2, -0.15) is 0 Å². The Bertz CT molecular complexity index is 905. The molecule has 0 fully saturated rings. The number of aryl methyl sites for hydroxylation is 1. The van der Waals surface area contributed by atoms with E-state index in [0.29, 0.717) is 29.1 Å². The summed E-state index contributed by atoms with van der Waals surface area (Å²) in [4.78, 5) is 38.3. The Morgan fingerprint density at radius 2 is 1.78 bits per heavy atom. The van der Waals surface area contributed by atoms with Crippen LogP contribution in [0.1, 0.15) is 40.1 Å². The Balaban J connectivity index is 1.67. The summed E-state index contributed by atoms with van der Waals surface area (Å²) in [5.41, 5.74) is 2.09. The quantitative estimate of drug-likeness (QED) is 0.796. The van der Waals surface area contributed by atoms with E-state index in [2.05, 4.69) is 5.32 Å². The highest BCUT2D eigenvalue weighted by molar-refractivity contribution is 6.21. The van der Waals surface area contributed by atoms with E-state index in [1.54, 1.807) is 24.3 Å². The SMILES string of the molecule is Cc1ccccc1OCC(=O)Nc1ccc2c(c1)C(=O)N(CC(C)C)C2=O. The van der Waals surface area contributed by atoms with E-state index in [1.165, 1.54) is 4.90 Å². The molecule has 0 radical (unpaired) electrons. The minimum atomic E-state index is -0.339. The van der Waals surface area contributed by atoms with E-state index < -0.39 is 0 Å². The highest BCUT2D eigenvalue weighted by Gasteiger charge is 2.35. The first-order chi connectivity index (χ1) is 12.9. The Morgan fingerprint density at radius 1 is 1.07 bits per heavy atom. The number of rotatable bonds is 6. The van der Waals surface area contributed by atoms with Gasteiger partial charge in [0.15, 0.2) is 6.61 Å². The number of anilines is 1. The van der Waals surface area contributed by atoms with Crippen molar-refractivity contribution >= 4 is 23.4 Å². The van der Waals surface area contributed by atoms with Crippen LogP contribution in [0.5, 0.6) is 5.75 Å². The molecule has 0 unspecified atom stereocenters. The molecular weight excluding hydrogens is 344 g/mol. The Hall–Kier alpha value is -3.15. The van der Waals surface area contributed by atoms with Crippen molar-refractivity contribution in [1.29, 1.82) is 0 Å². The standard InChI is InChI=1S/C21H22N2O4/c1-13(2)11-23-20(25)16-9-8-15(10-17(16)21(23)26)22-19(24)12-27-18-7-5-4-6-14(18)3/h4-10,13H,11-12H2,1-3H3,(H,22,24). The van der Waals surface area contributed by atoms with Crippen molar-refractivity contribution in [2.45, 2.75) is 20.8 Å². The van der Waals surface area contributed by atoms with E-state index in [4.69, 9.17) is 4.74 Å². The minimum Gasteiger partial charge on any atom is -0.483 e. The van der Waals surface area contributed by atoms with Crippen LogP contribution >= 0.6 is 0 Å². The Kier molecular flexibility index (Phi) is 5.26. The van der Waals surface area contributed by atoms with Crippen LogP contribution in [0.15, 0.2) is 42.5 Å². The molecule has 0 saturated carbocycles. The van der Waals surface area contributed by atoms with Gasteiger partial charge in [0.1, 0.15) is 5.75 Å². The van der Waals surface area contributed by atoms with Crippen LogP contribution < -0.4 is 10.1 Å². The first kappa shape index (κ1) is 18.6. The Labute approximate surface area is 158 Å². The van der Waals surface area contributed by atoms with Crippen LogP contribution in [0.3, 0.4) is 0 Å². The molecular formula is C21H22N2O4. The summed E-state index contributed by atoms with van der Waals surface area (Å²) in [6.07, 6.45) is 0. The maximum Gasteiger partial charge on any atom is 0.262 e. The number of nitrogens with zero attached hydrogens (tertiary/aromatic N) is 1. The summed E-state index contributed by atoms with van der Waals surface area (Å²) < 4.78 is 5.52. The molecule has 1 heterocycles. The average Bonchev–Trinajstić information content (AvgIpc) is 2.85. The smallest absolute Gasteiger partial charge is 0.262 e. The number of para-hydroxylation sites is 1. The van der Waals surface area contributed by atoms with Gasteiger partial charge in [0.2, 0.25) is 0 Å². The van der Waals surface area contributed by atoms with Crippen LogP contribution in [-0.2, 0) is 4.79 Å².